The molecule has 46 heavy (non-hydrogen) atoms. The molecule has 1 saturated heterocycles. The van der Waals surface area contributed by atoms with Crippen molar-refractivity contribution in [3.8, 4) is 11.3 Å². The third kappa shape index (κ3) is 6.19. The van der Waals surface area contributed by atoms with Crippen molar-refractivity contribution in [2.24, 2.45) is 0 Å². The first-order chi connectivity index (χ1) is 22.4. The van der Waals surface area contributed by atoms with E-state index in [0.717, 1.165) is 72.5 Å². The molecule has 1 aliphatic carbocycles. The van der Waals surface area contributed by atoms with Crippen LogP contribution in [0.5, 0.6) is 0 Å². The summed E-state index contributed by atoms with van der Waals surface area (Å²) in [5.74, 6) is -0.913. The lowest BCUT2D eigenvalue weighted by Gasteiger charge is -2.32. The number of carboxylic acid groups (broad SMARTS) is 1. The number of amides is 1. The topological polar surface area (TPSA) is 113 Å². The Balaban J connectivity index is 1.05. The SMILES string of the molecule is Cc1cc2ncc3cc(C4C=CC=CC4)c(-c4ccc(CN5CCC(NC(=O)c6ccccc6CC(=O)O)CC5)cc4)nc3n2n1. The highest BCUT2D eigenvalue weighted by atomic mass is 16.4. The first-order valence-electron chi connectivity index (χ1n) is 15.8. The van der Waals surface area contributed by atoms with E-state index in [-0.39, 0.29) is 24.3 Å². The molecule has 2 aromatic carbocycles. The van der Waals surface area contributed by atoms with E-state index in [9.17, 15) is 14.7 Å². The van der Waals surface area contributed by atoms with Crippen molar-refractivity contribution in [1.29, 1.82) is 0 Å². The van der Waals surface area contributed by atoms with E-state index in [2.05, 4.69) is 74.9 Å². The molecule has 1 fully saturated rings. The molecular weight excluding hydrogens is 576 g/mol. The summed E-state index contributed by atoms with van der Waals surface area (Å²) in [4.78, 5) is 36.4. The quantitative estimate of drug-likeness (QED) is 0.225. The molecule has 2 N–H and O–H groups in total. The molecular formula is C37H36N6O3. The van der Waals surface area contributed by atoms with Gasteiger partial charge in [0.1, 0.15) is 0 Å². The minimum Gasteiger partial charge on any atom is -0.481 e. The van der Waals surface area contributed by atoms with Crippen LogP contribution in [-0.2, 0) is 17.8 Å². The molecule has 2 aliphatic rings. The lowest BCUT2D eigenvalue weighted by molar-refractivity contribution is -0.136. The third-order valence-electron chi connectivity index (χ3n) is 8.95. The number of carbonyl (C=O) groups excluding carboxylic acids is 1. The number of aliphatic carboxylic acids is 1. The summed E-state index contributed by atoms with van der Waals surface area (Å²) >= 11 is 0. The molecule has 0 radical (unpaired) electrons. The molecule has 232 valence electrons. The number of nitrogens with zero attached hydrogens (tertiary/aromatic N) is 5. The molecule has 4 heterocycles. The van der Waals surface area contributed by atoms with Gasteiger partial charge < -0.3 is 10.4 Å². The molecule has 0 saturated carbocycles. The number of aromatic nitrogens is 4. The number of nitrogens with one attached hydrogen (secondary N) is 1. The standard InChI is InChI=1S/C37H36N6O3/c1-24-19-33-38-22-29-20-32(26-7-3-2-4-8-26)35(40-36(29)43(33)41-24)27-13-11-25(12-14-27)23-42-17-15-30(16-18-42)39-37(46)31-10-6-5-9-28(31)21-34(44)45/h2-7,9-14,19-20,22,26,30H,8,15-18,21,23H2,1H3,(H,39,46)(H,44,45). The summed E-state index contributed by atoms with van der Waals surface area (Å²) in [5, 5.41) is 18.0. The maximum Gasteiger partial charge on any atom is 0.307 e. The fourth-order valence-electron chi connectivity index (χ4n) is 6.58. The van der Waals surface area contributed by atoms with Crippen molar-refractivity contribution in [3.63, 3.8) is 0 Å². The molecule has 0 bridgehead atoms. The van der Waals surface area contributed by atoms with Gasteiger partial charge in [-0.25, -0.2) is 9.97 Å². The summed E-state index contributed by atoms with van der Waals surface area (Å²) in [5.41, 5.74) is 7.92. The minimum absolute atomic E-state index is 0.0605. The van der Waals surface area contributed by atoms with E-state index < -0.39 is 5.97 Å². The average Bonchev–Trinajstić information content (AvgIpc) is 3.46. The van der Waals surface area contributed by atoms with Gasteiger partial charge in [0.25, 0.3) is 5.91 Å². The van der Waals surface area contributed by atoms with Crippen molar-refractivity contribution in [2.75, 3.05) is 13.1 Å². The van der Waals surface area contributed by atoms with Crippen LogP contribution in [0, 0.1) is 6.92 Å². The van der Waals surface area contributed by atoms with E-state index in [1.165, 1.54) is 11.1 Å². The zero-order valence-corrected chi connectivity index (χ0v) is 25.8. The number of allylic oxidation sites excluding steroid dienone is 4. The predicted molar refractivity (Wildman–Crippen MR) is 178 cm³/mol. The van der Waals surface area contributed by atoms with Crippen molar-refractivity contribution in [1.82, 2.24) is 29.8 Å². The zero-order chi connectivity index (χ0) is 31.6. The zero-order valence-electron chi connectivity index (χ0n) is 25.8. The van der Waals surface area contributed by atoms with Crippen molar-refractivity contribution in [3.05, 3.63) is 119 Å². The van der Waals surface area contributed by atoms with E-state index in [1.54, 1.807) is 24.3 Å². The number of piperidine rings is 1. The number of aryl methyl sites for hydroxylation is 1. The molecule has 5 aromatic rings. The van der Waals surface area contributed by atoms with E-state index in [1.807, 2.05) is 23.7 Å². The molecule has 9 heteroatoms. The fourth-order valence-corrected chi connectivity index (χ4v) is 6.58. The summed E-state index contributed by atoms with van der Waals surface area (Å²) in [6.45, 7) is 4.54. The molecule has 7 rings (SSSR count). The van der Waals surface area contributed by atoms with Crippen molar-refractivity contribution < 1.29 is 14.7 Å². The Morgan fingerprint density at radius 1 is 1.02 bits per heavy atom. The highest BCUT2D eigenvalue weighted by Crippen LogP contribution is 2.35. The number of hydrogen-bond acceptors (Lipinski definition) is 6. The molecule has 1 atom stereocenters. The summed E-state index contributed by atoms with van der Waals surface area (Å²) in [6, 6.07) is 19.9. The largest absolute Gasteiger partial charge is 0.481 e. The van der Waals surface area contributed by atoms with Crippen molar-refractivity contribution >= 4 is 28.6 Å². The summed E-state index contributed by atoms with van der Waals surface area (Å²) in [6.07, 6.45) is 13.0. The van der Waals surface area contributed by atoms with Gasteiger partial charge in [-0.05, 0) is 55.0 Å². The Bertz CT molecular complexity index is 1990. The van der Waals surface area contributed by atoms with Crippen LogP contribution >= 0.6 is 0 Å². The molecule has 3 aromatic heterocycles. The van der Waals surface area contributed by atoms with Gasteiger partial charge in [-0.2, -0.15) is 9.61 Å². The number of benzene rings is 2. The van der Waals surface area contributed by atoms with Gasteiger partial charge in [-0.3, -0.25) is 14.5 Å². The van der Waals surface area contributed by atoms with Gasteiger partial charge >= 0.3 is 5.97 Å². The lowest BCUT2D eigenvalue weighted by Crippen LogP contribution is -2.44. The first kappa shape index (κ1) is 29.6. The molecule has 1 amide bonds. The minimum atomic E-state index is -0.947. The Labute approximate surface area is 267 Å². The molecule has 1 unspecified atom stereocenters. The molecule has 0 spiro atoms. The second-order valence-electron chi connectivity index (χ2n) is 12.3. The highest BCUT2D eigenvalue weighted by Gasteiger charge is 2.23. The normalized spacial score (nSPS) is 17.1. The Kier molecular flexibility index (Phi) is 8.15. The van der Waals surface area contributed by atoms with Crippen LogP contribution in [0.15, 0.2) is 91.2 Å². The predicted octanol–water partition coefficient (Wildman–Crippen LogP) is 5.87. The van der Waals surface area contributed by atoms with Gasteiger partial charge in [0.2, 0.25) is 0 Å². The van der Waals surface area contributed by atoms with Crippen LogP contribution < -0.4 is 5.32 Å². The average molecular weight is 613 g/mol. The number of hydrogen-bond donors (Lipinski definition) is 2. The van der Waals surface area contributed by atoms with Crippen LogP contribution in [-0.4, -0.2) is 60.6 Å². The van der Waals surface area contributed by atoms with E-state index in [4.69, 9.17) is 4.98 Å². The highest BCUT2D eigenvalue weighted by molar-refractivity contribution is 5.96. The van der Waals surface area contributed by atoms with Crippen LogP contribution in [0.4, 0.5) is 0 Å². The third-order valence-corrected chi connectivity index (χ3v) is 8.95. The second-order valence-corrected chi connectivity index (χ2v) is 12.3. The molecule has 1 aliphatic heterocycles. The monoisotopic (exact) mass is 612 g/mol. The van der Waals surface area contributed by atoms with Crippen molar-refractivity contribution in [2.45, 2.75) is 51.1 Å². The number of carbonyl (C=O) groups is 2. The number of likely N-dealkylation sites (tertiary alicyclic amines) is 1. The summed E-state index contributed by atoms with van der Waals surface area (Å²) < 4.78 is 1.84. The van der Waals surface area contributed by atoms with Gasteiger partial charge in [-0.1, -0.05) is 66.8 Å². The van der Waals surface area contributed by atoms with Crippen LogP contribution in [0.3, 0.4) is 0 Å². The second kappa shape index (κ2) is 12.7. The van der Waals surface area contributed by atoms with E-state index >= 15 is 0 Å². The van der Waals surface area contributed by atoms with Gasteiger partial charge in [0.05, 0.1) is 17.8 Å². The van der Waals surface area contributed by atoms with Gasteiger partial charge in [0.15, 0.2) is 11.3 Å². The number of fused-ring (bicyclic) bond motifs is 3. The van der Waals surface area contributed by atoms with Gasteiger partial charge in [-0.15, -0.1) is 0 Å². The maximum absolute atomic E-state index is 13.0. The van der Waals surface area contributed by atoms with E-state index in [0.29, 0.717) is 11.1 Å². The van der Waals surface area contributed by atoms with Crippen LogP contribution in [0.1, 0.15) is 57.9 Å². The lowest BCUT2D eigenvalue weighted by atomic mass is 9.88. The fraction of sp³-hybridized carbons (Fsp3) is 0.270. The Morgan fingerprint density at radius 3 is 2.59 bits per heavy atom. The van der Waals surface area contributed by atoms with Gasteiger partial charge in [0, 0.05) is 60.4 Å². The maximum atomic E-state index is 13.0. The Morgan fingerprint density at radius 2 is 1.83 bits per heavy atom. The smallest absolute Gasteiger partial charge is 0.307 e. The van der Waals surface area contributed by atoms with Crippen LogP contribution in [0.2, 0.25) is 0 Å². The number of rotatable bonds is 8. The molecule has 9 nitrogen and oxygen atoms in total. The summed E-state index contributed by atoms with van der Waals surface area (Å²) in [7, 11) is 0. The van der Waals surface area contributed by atoms with Crippen LogP contribution in [0.25, 0.3) is 27.9 Å². The number of pyridine rings is 1. The first-order valence-corrected chi connectivity index (χ1v) is 15.8. The Hall–Kier alpha value is -5.15. The number of carboxylic acids is 1.